The topological polar surface area (TPSA) is 63.7 Å². The fraction of sp³-hybridized carbons (Fsp3) is 0.207. The van der Waals surface area contributed by atoms with Crippen LogP contribution in [0, 0.1) is 11.8 Å². The second-order valence-corrected chi connectivity index (χ2v) is 8.88. The molecule has 3 aromatic carbocycles. The zero-order valence-electron chi connectivity index (χ0n) is 18.9. The predicted molar refractivity (Wildman–Crippen MR) is 129 cm³/mol. The van der Waals surface area contributed by atoms with Crippen molar-refractivity contribution in [2.24, 2.45) is 11.8 Å². The minimum atomic E-state index is -0.567. The van der Waals surface area contributed by atoms with E-state index >= 15 is 0 Å². The molecule has 1 aliphatic carbocycles. The van der Waals surface area contributed by atoms with Crippen molar-refractivity contribution in [3.63, 3.8) is 0 Å². The summed E-state index contributed by atoms with van der Waals surface area (Å²) in [6, 6.07) is 25.6. The van der Waals surface area contributed by atoms with Gasteiger partial charge in [0.1, 0.15) is 11.7 Å². The molecule has 0 radical (unpaired) electrons. The summed E-state index contributed by atoms with van der Waals surface area (Å²) in [5.41, 5.74) is 3.34. The van der Waals surface area contributed by atoms with Gasteiger partial charge in [0.2, 0.25) is 11.8 Å². The first-order chi connectivity index (χ1) is 16.5. The van der Waals surface area contributed by atoms with E-state index in [1.807, 2.05) is 73.7 Å². The highest BCUT2D eigenvalue weighted by molar-refractivity contribution is 6.22. The number of fused-ring (bicyclic) bond motifs is 1. The van der Waals surface area contributed by atoms with Gasteiger partial charge in [0.05, 0.1) is 17.5 Å². The Balaban J connectivity index is 1.35. The fourth-order valence-corrected chi connectivity index (χ4v) is 4.89. The molecule has 0 unspecified atom stereocenters. The fourth-order valence-electron chi connectivity index (χ4n) is 4.89. The van der Waals surface area contributed by atoms with E-state index in [0.29, 0.717) is 24.3 Å². The summed E-state index contributed by atoms with van der Waals surface area (Å²) in [6.07, 6.45) is 3.28. The number of benzene rings is 3. The molecular weight excluding hydrogens is 426 g/mol. The van der Waals surface area contributed by atoms with E-state index in [-0.39, 0.29) is 23.7 Å². The Bertz CT molecular complexity index is 1210. The zero-order chi connectivity index (χ0) is 23.7. The third-order valence-electron chi connectivity index (χ3n) is 6.64. The first-order valence-corrected chi connectivity index (χ1v) is 11.5. The Morgan fingerprint density at radius 3 is 1.97 bits per heavy atom. The lowest BCUT2D eigenvalue weighted by Gasteiger charge is -2.19. The molecule has 2 atom stereocenters. The van der Waals surface area contributed by atoms with E-state index in [1.54, 1.807) is 24.3 Å². The highest BCUT2D eigenvalue weighted by atomic mass is 16.5. The largest absolute Gasteiger partial charge is 0.426 e. The van der Waals surface area contributed by atoms with Gasteiger partial charge in [-0.2, -0.15) is 0 Å². The number of amides is 2. The maximum absolute atomic E-state index is 13.2. The molecule has 34 heavy (non-hydrogen) atoms. The van der Waals surface area contributed by atoms with E-state index in [1.165, 1.54) is 4.90 Å². The molecule has 2 aliphatic rings. The van der Waals surface area contributed by atoms with Crippen molar-refractivity contribution in [1.82, 2.24) is 0 Å². The summed E-state index contributed by atoms with van der Waals surface area (Å²) in [6.45, 7) is 2.00. The Labute approximate surface area is 198 Å². The summed E-state index contributed by atoms with van der Waals surface area (Å²) in [5, 5.41) is 0. The molecule has 5 nitrogen and oxygen atoms in total. The van der Waals surface area contributed by atoms with Gasteiger partial charge >= 0.3 is 5.97 Å². The van der Waals surface area contributed by atoms with Gasteiger partial charge in [0, 0.05) is 0 Å². The molecule has 0 saturated carbocycles. The second kappa shape index (κ2) is 9.10. The van der Waals surface area contributed by atoms with Crippen molar-refractivity contribution in [3.8, 4) is 5.75 Å². The average Bonchev–Trinajstić information content (AvgIpc) is 3.10. The number of allylic oxidation sites excluding steroid dienone is 2. The van der Waals surface area contributed by atoms with Crippen LogP contribution in [0.25, 0.3) is 0 Å². The number of rotatable bonds is 5. The maximum atomic E-state index is 13.2. The minimum absolute atomic E-state index is 0.152. The van der Waals surface area contributed by atoms with Gasteiger partial charge in [-0.1, -0.05) is 72.3 Å². The van der Waals surface area contributed by atoms with Gasteiger partial charge in [-0.3, -0.25) is 19.3 Å². The molecule has 0 aromatic heterocycles. The number of carbonyl (C=O) groups is 3. The van der Waals surface area contributed by atoms with Crippen LogP contribution in [0.4, 0.5) is 5.69 Å². The number of esters is 1. The lowest BCUT2D eigenvalue weighted by molar-refractivity contribution is -0.135. The lowest BCUT2D eigenvalue weighted by atomic mass is 9.82. The van der Waals surface area contributed by atoms with Crippen LogP contribution in [0.3, 0.4) is 0 Å². The number of hydrogen-bond acceptors (Lipinski definition) is 4. The molecule has 1 saturated heterocycles. The van der Waals surface area contributed by atoms with Gasteiger partial charge in [-0.05, 0) is 55.2 Å². The Morgan fingerprint density at radius 2 is 1.38 bits per heavy atom. The van der Waals surface area contributed by atoms with E-state index in [4.69, 9.17) is 4.74 Å². The van der Waals surface area contributed by atoms with Crippen LogP contribution in [-0.2, 0) is 14.4 Å². The molecule has 1 heterocycles. The van der Waals surface area contributed by atoms with Gasteiger partial charge in [-0.25, -0.2) is 0 Å². The van der Waals surface area contributed by atoms with E-state index in [9.17, 15) is 14.4 Å². The SMILES string of the molecule is CC1=CC[C@@H]2C(=O)N(c3ccc(OC(=O)C(c4ccccc4)c4ccccc4)cc3)C(=O)[C@@H]2C1. The van der Waals surface area contributed by atoms with Crippen LogP contribution >= 0.6 is 0 Å². The molecule has 5 rings (SSSR count). The quantitative estimate of drug-likeness (QED) is 0.229. The predicted octanol–water partition coefficient (Wildman–Crippen LogP) is 5.27. The Kier molecular flexibility index (Phi) is 5.84. The van der Waals surface area contributed by atoms with Crippen molar-refractivity contribution in [2.75, 3.05) is 4.90 Å². The van der Waals surface area contributed by atoms with E-state index in [2.05, 4.69) is 0 Å². The van der Waals surface area contributed by atoms with Gasteiger partial charge in [0.25, 0.3) is 0 Å². The molecule has 0 spiro atoms. The van der Waals surface area contributed by atoms with Gasteiger partial charge in [-0.15, -0.1) is 0 Å². The molecule has 1 aliphatic heterocycles. The molecule has 2 amide bonds. The molecule has 3 aromatic rings. The van der Waals surface area contributed by atoms with Crippen LogP contribution in [0.15, 0.2) is 96.6 Å². The highest BCUT2D eigenvalue weighted by Gasteiger charge is 2.48. The number of nitrogens with zero attached hydrogens (tertiary/aromatic N) is 1. The number of imide groups is 1. The molecular formula is C29H25NO4. The van der Waals surface area contributed by atoms with Crippen molar-refractivity contribution < 1.29 is 19.1 Å². The second-order valence-electron chi connectivity index (χ2n) is 8.88. The van der Waals surface area contributed by atoms with Crippen molar-refractivity contribution >= 4 is 23.5 Å². The summed E-state index contributed by atoms with van der Waals surface area (Å²) in [5.74, 6) is -1.48. The number of hydrogen-bond donors (Lipinski definition) is 0. The van der Waals surface area contributed by atoms with Crippen LogP contribution < -0.4 is 9.64 Å². The smallest absolute Gasteiger partial charge is 0.323 e. The first-order valence-electron chi connectivity index (χ1n) is 11.5. The Morgan fingerprint density at radius 1 is 0.824 bits per heavy atom. The number of anilines is 1. The monoisotopic (exact) mass is 451 g/mol. The van der Waals surface area contributed by atoms with Crippen molar-refractivity contribution in [1.29, 1.82) is 0 Å². The van der Waals surface area contributed by atoms with Crippen LogP contribution in [0.1, 0.15) is 36.8 Å². The van der Waals surface area contributed by atoms with E-state index < -0.39 is 11.9 Å². The summed E-state index contributed by atoms with van der Waals surface area (Å²) >= 11 is 0. The summed E-state index contributed by atoms with van der Waals surface area (Å²) in [4.78, 5) is 40.4. The Hall–Kier alpha value is -3.99. The van der Waals surface area contributed by atoms with Crippen LogP contribution in [-0.4, -0.2) is 17.8 Å². The number of ether oxygens (including phenoxy) is 1. The normalized spacial score (nSPS) is 19.7. The van der Waals surface area contributed by atoms with Crippen LogP contribution in [0.5, 0.6) is 5.75 Å². The molecule has 0 bridgehead atoms. The highest BCUT2D eigenvalue weighted by Crippen LogP contribution is 2.40. The zero-order valence-corrected chi connectivity index (χ0v) is 18.9. The van der Waals surface area contributed by atoms with Gasteiger partial charge in [0.15, 0.2) is 0 Å². The minimum Gasteiger partial charge on any atom is -0.426 e. The standard InChI is InChI=1S/C29H25NO4/c1-19-12-17-24-25(18-19)28(32)30(27(24)31)22-13-15-23(16-14-22)34-29(33)26(20-8-4-2-5-9-20)21-10-6-3-7-11-21/h2-16,24-26H,17-18H2,1H3/t24-,25+/m0/s1. The maximum Gasteiger partial charge on any atom is 0.323 e. The van der Waals surface area contributed by atoms with Crippen molar-refractivity contribution in [3.05, 3.63) is 108 Å². The first kappa shape index (κ1) is 21.8. The summed E-state index contributed by atoms with van der Waals surface area (Å²) in [7, 11) is 0. The molecule has 1 fully saturated rings. The average molecular weight is 452 g/mol. The molecule has 170 valence electrons. The molecule has 5 heteroatoms. The van der Waals surface area contributed by atoms with Crippen LogP contribution in [0.2, 0.25) is 0 Å². The van der Waals surface area contributed by atoms with Crippen molar-refractivity contribution in [2.45, 2.75) is 25.7 Å². The van der Waals surface area contributed by atoms with Gasteiger partial charge < -0.3 is 4.74 Å². The lowest BCUT2D eigenvalue weighted by Crippen LogP contribution is -2.30. The third-order valence-corrected chi connectivity index (χ3v) is 6.64. The number of carbonyl (C=O) groups excluding carboxylic acids is 3. The summed E-state index contributed by atoms with van der Waals surface area (Å²) < 4.78 is 5.73. The van der Waals surface area contributed by atoms with E-state index in [0.717, 1.165) is 16.7 Å². The third kappa shape index (κ3) is 4.05. The molecule has 0 N–H and O–H groups in total.